The van der Waals surface area contributed by atoms with Crippen LogP contribution in [-0.4, -0.2) is 0 Å². The average Bonchev–Trinajstić information content (AvgIpc) is 2.81. The Balaban J connectivity index is 1.89. The molecular weight excluding hydrogens is 284 g/mol. The third-order valence-electron chi connectivity index (χ3n) is 4.06. The van der Waals surface area contributed by atoms with Crippen LogP contribution in [0.3, 0.4) is 0 Å². The van der Waals surface area contributed by atoms with Gasteiger partial charge < -0.3 is 0 Å². The summed E-state index contributed by atoms with van der Waals surface area (Å²) in [6.07, 6.45) is 12.9. The van der Waals surface area contributed by atoms with Gasteiger partial charge >= 0.3 is 0 Å². The monoisotopic (exact) mass is 300 g/mol. The maximum absolute atomic E-state index is 2.28. The molecule has 1 aromatic heterocycles. The van der Waals surface area contributed by atoms with Gasteiger partial charge in [0.05, 0.1) is 0 Å². The van der Waals surface area contributed by atoms with Crippen LogP contribution >= 0.6 is 11.3 Å². The minimum Gasteiger partial charge on any atom is -0.143 e. The maximum atomic E-state index is 2.28. The zero-order chi connectivity index (χ0) is 14.8. The molecule has 0 bridgehead atoms. The molecule has 0 spiro atoms. The van der Waals surface area contributed by atoms with Crippen LogP contribution in [0, 0.1) is 0 Å². The Hall–Kier alpha value is -2.38. The predicted molar refractivity (Wildman–Crippen MR) is 97.4 cm³/mol. The molecule has 0 atom stereocenters. The van der Waals surface area contributed by atoms with Gasteiger partial charge in [0.1, 0.15) is 0 Å². The van der Waals surface area contributed by atoms with Crippen molar-refractivity contribution in [2.75, 3.05) is 0 Å². The summed E-state index contributed by atoms with van der Waals surface area (Å²) in [6, 6.07) is 17.4. The molecule has 0 amide bonds. The van der Waals surface area contributed by atoms with E-state index in [4.69, 9.17) is 0 Å². The van der Waals surface area contributed by atoms with Crippen molar-refractivity contribution < 1.29 is 0 Å². The zero-order valence-electron chi connectivity index (χ0n) is 12.1. The molecule has 3 aromatic rings. The molecule has 0 nitrogen and oxygen atoms in total. The zero-order valence-corrected chi connectivity index (χ0v) is 13.0. The molecule has 106 valence electrons. The van der Waals surface area contributed by atoms with E-state index in [9.17, 15) is 0 Å². The second-order valence-corrected chi connectivity index (χ2v) is 6.32. The summed E-state index contributed by atoms with van der Waals surface area (Å²) in [7, 11) is 0. The summed E-state index contributed by atoms with van der Waals surface area (Å²) < 4.78 is 1.35. The highest BCUT2D eigenvalue weighted by Crippen LogP contribution is 2.38. The van der Waals surface area contributed by atoms with E-state index in [-0.39, 0.29) is 0 Å². The highest BCUT2D eigenvalue weighted by molar-refractivity contribution is 7.17. The molecule has 0 aliphatic heterocycles. The van der Waals surface area contributed by atoms with E-state index in [2.05, 4.69) is 90.4 Å². The fourth-order valence-corrected chi connectivity index (χ4v) is 3.95. The Morgan fingerprint density at radius 2 is 1.41 bits per heavy atom. The summed E-state index contributed by atoms with van der Waals surface area (Å²) in [5.41, 5.74) is 4.04. The van der Waals surface area contributed by atoms with Gasteiger partial charge in [-0.25, -0.2) is 0 Å². The van der Waals surface area contributed by atoms with Gasteiger partial charge in [-0.2, -0.15) is 0 Å². The molecule has 0 N–H and O–H groups in total. The maximum Gasteiger partial charge on any atom is 0.0349 e. The molecule has 1 heterocycles. The molecule has 4 rings (SSSR count). The molecule has 1 aliphatic carbocycles. The molecule has 0 fully saturated rings. The molecular formula is C21H16S. The lowest BCUT2D eigenvalue weighted by Crippen LogP contribution is -1.94. The van der Waals surface area contributed by atoms with Gasteiger partial charge in [-0.1, -0.05) is 78.9 Å². The molecule has 1 heteroatoms. The summed E-state index contributed by atoms with van der Waals surface area (Å²) in [4.78, 5) is 0. The van der Waals surface area contributed by atoms with Crippen LogP contribution in [0.1, 0.15) is 11.5 Å². The van der Waals surface area contributed by atoms with Crippen molar-refractivity contribution in [1.29, 1.82) is 0 Å². The second-order valence-electron chi connectivity index (χ2n) is 5.41. The predicted octanol–water partition coefficient (Wildman–Crippen LogP) is 6.33. The van der Waals surface area contributed by atoms with Crippen molar-refractivity contribution in [1.82, 2.24) is 0 Å². The van der Waals surface area contributed by atoms with Gasteiger partial charge in [0.25, 0.3) is 0 Å². The van der Waals surface area contributed by atoms with E-state index in [1.807, 2.05) is 11.3 Å². The second kappa shape index (κ2) is 5.78. The Labute approximate surface area is 134 Å². The van der Waals surface area contributed by atoms with Crippen molar-refractivity contribution in [2.24, 2.45) is 0 Å². The van der Waals surface area contributed by atoms with E-state index < -0.39 is 0 Å². The first-order valence-electron chi connectivity index (χ1n) is 7.51. The van der Waals surface area contributed by atoms with Gasteiger partial charge in [-0.05, 0) is 22.6 Å². The molecule has 0 saturated heterocycles. The van der Waals surface area contributed by atoms with Gasteiger partial charge in [0.15, 0.2) is 0 Å². The Kier molecular flexibility index (Phi) is 3.49. The van der Waals surface area contributed by atoms with Gasteiger partial charge in [-0.3, -0.25) is 0 Å². The molecule has 0 radical (unpaired) electrons. The summed E-state index contributed by atoms with van der Waals surface area (Å²) in [5.74, 6) is 0.324. The molecule has 0 unspecified atom stereocenters. The van der Waals surface area contributed by atoms with Crippen LogP contribution in [0.4, 0.5) is 0 Å². The van der Waals surface area contributed by atoms with E-state index in [1.54, 1.807) is 0 Å². The topological polar surface area (TPSA) is 0 Å². The average molecular weight is 300 g/mol. The SMILES string of the molecule is C1=CC=CC(c2ccccc2-c2csc3ccccc23)C=C1. The molecule has 0 saturated carbocycles. The number of thiophene rings is 1. The number of hydrogen-bond acceptors (Lipinski definition) is 1. The lowest BCUT2D eigenvalue weighted by Gasteiger charge is -2.14. The van der Waals surface area contributed by atoms with Gasteiger partial charge in [0.2, 0.25) is 0 Å². The van der Waals surface area contributed by atoms with Crippen LogP contribution in [0.25, 0.3) is 21.2 Å². The minimum absolute atomic E-state index is 0.324. The first-order chi connectivity index (χ1) is 10.9. The minimum atomic E-state index is 0.324. The van der Waals surface area contributed by atoms with Crippen LogP contribution in [-0.2, 0) is 0 Å². The lowest BCUT2D eigenvalue weighted by molar-refractivity contribution is 1.09. The van der Waals surface area contributed by atoms with Crippen molar-refractivity contribution in [3.8, 4) is 11.1 Å². The standard InChI is InChI=1S/C21H16S/c1-2-4-10-16(9-3-1)17-11-5-6-12-18(17)20-15-22-21-14-8-7-13-19(20)21/h1-16H. The van der Waals surface area contributed by atoms with Crippen molar-refractivity contribution >= 4 is 21.4 Å². The number of benzene rings is 2. The normalized spacial score (nSPS) is 14.5. The third kappa shape index (κ3) is 2.34. The molecule has 1 aliphatic rings. The Bertz CT molecular complexity index is 877. The van der Waals surface area contributed by atoms with Crippen LogP contribution < -0.4 is 0 Å². The Morgan fingerprint density at radius 1 is 0.682 bits per heavy atom. The smallest absolute Gasteiger partial charge is 0.0349 e. The quantitative estimate of drug-likeness (QED) is 0.518. The highest BCUT2D eigenvalue weighted by Gasteiger charge is 2.14. The largest absolute Gasteiger partial charge is 0.143 e. The number of allylic oxidation sites excluding steroid dienone is 6. The first kappa shape index (κ1) is 13.3. The third-order valence-corrected chi connectivity index (χ3v) is 5.02. The molecule has 22 heavy (non-hydrogen) atoms. The fourth-order valence-electron chi connectivity index (χ4n) is 2.99. The number of rotatable bonds is 2. The number of fused-ring (bicyclic) bond motifs is 1. The van der Waals surface area contributed by atoms with Gasteiger partial charge in [0, 0.05) is 21.6 Å². The van der Waals surface area contributed by atoms with Gasteiger partial charge in [-0.15, -0.1) is 11.3 Å². The van der Waals surface area contributed by atoms with E-state index >= 15 is 0 Å². The fraction of sp³-hybridized carbons (Fsp3) is 0.0476. The van der Waals surface area contributed by atoms with Crippen molar-refractivity contribution in [3.05, 3.63) is 95.9 Å². The number of hydrogen-bond donors (Lipinski definition) is 0. The summed E-state index contributed by atoms with van der Waals surface area (Å²) >= 11 is 1.82. The summed E-state index contributed by atoms with van der Waals surface area (Å²) in [6.45, 7) is 0. The van der Waals surface area contributed by atoms with Crippen LogP contribution in [0.15, 0.2) is 90.4 Å². The molecule has 2 aromatic carbocycles. The lowest BCUT2D eigenvalue weighted by atomic mass is 9.90. The van der Waals surface area contributed by atoms with Crippen LogP contribution in [0.5, 0.6) is 0 Å². The summed E-state index contributed by atoms with van der Waals surface area (Å²) in [5, 5.41) is 3.63. The van der Waals surface area contributed by atoms with E-state index in [1.165, 1.54) is 26.8 Å². The first-order valence-corrected chi connectivity index (χ1v) is 8.38. The van der Waals surface area contributed by atoms with Crippen molar-refractivity contribution in [2.45, 2.75) is 5.92 Å². The van der Waals surface area contributed by atoms with Crippen molar-refractivity contribution in [3.63, 3.8) is 0 Å². The van der Waals surface area contributed by atoms with E-state index in [0.29, 0.717) is 5.92 Å². The Morgan fingerprint density at radius 3 is 2.27 bits per heavy atom. The highest BCUT2D eigenvalue weighted by atomic mass is 32.1. The van der Waals surface area contributed by atoms with E-state index in [0.717, 1.165) is 0 Å². The van der Waals surface area contributed by atoms with Crippen LogP contribution in [0.2, 0.25) is 0 Å².